The van der Waals surface area contributed by atoms with E-state index in [1.165, 1.54) is 19.2 Å². The lowest BCUT2D eigenvalue weighted by atomic mass is 9.84. The van der Waals surface area contributed by atoms with E-state index in [2.05, 4.69) is 5.32 Å². The molecule has 1 aromatic carbocycles. The molecule has 1 amide bonds. The van der Waals surface area contributed by atoms with Crippen LogP contribution in [0.25, 0.3) is 0 Å². The van der Waals surface area contributed by atoms with Crippen LogP contribution in [0.15, 0.2) is 12.1 Å². The lowest BCUT2D eigenvalue weighted by Gasteiger charge is -2.44. The molecule has 2 bridgehead atoms. The molecule has 1 unspecified atom stereocenters. The quantitative estimate of drug-likeness (QED) is 0.834. The molecule has 2 atom stereocenters. The maximum Gasteiger partial charge on any atom is 0.255 e. The van der Waals surface area contributed by atoms with Crippen LogP contribution in [0.4, 0.5) is 5.69 Å². The van der Waals surface area contributed by atoms with Crippen LogP contribution in [0.1, 0.15) is 25.9 Å². The van der Waals surface area contributed by atoms with Gasteiger partial charge in [0, 0.05) is 20.0 Å². The third kappa shape index (κ3) is 2.80. The standard InChI is InChI=1S/C15H20ClN3O2/c1-21-14-7-12(17)11(16)6-10(14)15(20)18-13-8-19-4-2-9(13)3-5-19/h6-7,9,13H,2-5,8,17H2,1H3,(H,18,20)/t13-/m0/s1/i8T,13T/t8?,13-. The molecule has 0 aromatic heterocycles. The molecule has 0 spiro atoms. The van der Waals surface area contributed by atoms with Gasteiger partial charge in [0.05, 0.1) is 24.8 Å². The van der Waals surface area contributed by atoms with Gasteiger partial charge in [-0.25, -0.2) is 0 Å². The Hall–Kier alpha value is -1.46. The highest BCUT2D eigenvalue weighted by molar-refractivity contribution is 6.33. The minimum absolute atomic E-state index is 0.0193. The average Bonchev–Trinajstić information content (AvgIpc) is 2.54. The Kier molecular flexibility index (Phi) is 3.31. The zero-order valence-electron chi connectivity index (χ0n) is 13.9. The number of halogens is 1. The molecule has 1 aromatic rings. The number of rotatable bonds is 3. The number of hydrogen-bond donors (Lipinski definition) is 2. The normalized spacial score (nSPS) is 35.8. The molecular weight excluding hydrogens is 290 g/mol. The fraction of sp³-hybridized carbons (Fsp3) is 0.533. The lowest BCUT2D eigenvalue weighted by Crippen LogP contribution is -2.57. The smallest absolute Gasteiger partial charge is 0.255 e. The van der Waals surface area contributed by atoms with E-state index in [-0.39, 0.29) is 16.5 Å². The second-order valence-electron chi connectivity index (χ2n) is 5.42. The maximum absolute atomic E-state index is 12.7. The first kappa shape index (κ1) is 12.1. The summed E-state index contributed by atoms with van der Waals surface area (Å²) in [5, 5.41) is 2.99. The van der Waals surface area contributed by atoms with Crippen LogP contribution in [0.2, 0.25) is 5.02 Å². The van der Waals surface area contributed by atoms with Crippen molar-refractivity contribution in [2.45, 2.75) is 18.9 Å². The number of methoxy groups -OCH3 is 1. The summed E-state index contributed by atoms with van der Waals surface area (Å²) in [6.07, 6.45) is 1.64. The van der Waals surface area contributed by atoms with Crippen molar-refractivity contribution in [2.24, 2.45) is 5.92 Å². The van der Waals surface area contributed by atoms with Gasteiger partial charge < -0.3 is 20.7 Å². The zero-order valence-corrected chi connectivity index (χ0v) is 12.6. The van der Waals surface area contributed by atoms with Gasteiger partial charge in [0.1, 0.15) is 5.75 Å². The largest absolute Gasteiger partial charge is 0.496 e. The van der Waals surface area contributed by atoms with Gasteiger partial charge >= 0.3 is 0 Å². The number of carbonyl (C=O) groups is 1. The van der Waals surface area contributed by atoms with E-state index in [1.807, 2.05) is 4.90 Å². The molecule has 3 aliphatic rings. The van der Waals surface area contributed by atoms with Crippen molar-refractivity contribution in [1.82, 2.24) is 10.2 Å². The molecular formula is C15H20ClN3O2. The molecule has 3 aliphatic heterocycles. The van der Waals surface area contributed by atoms with Crippen molar-refractivity contribution in [1.29, 1.82) is 0 Å². The van der Waals surface area contributed by atoms with E-state index in [1.54, 1.807) is 0 Å². The molecule has 114 valence electrons. The highest BCUT2D eigenvalue weighted by Crippen LogP contribution is 2.31. The van der Waals surface area contributed by atoms with Gasteiger partial charge in [-0.05, 0) is 37.9 Å². The third-order valence-corrected chi connectivity index (χ3v) is 4.44. The van der Waals surface area contributed by atoms with Crippen LogP contribution >= 0.6 is 11.6 Å². The fourth-order valence-corrected chi connectivity index (χ4v) is 3.05. The van der Waals surface area contributed by atoms with Crippen LogP contribution in [-0.4, -0.2) is 43.5 Å². The van der Waals surface area contributed by atoms with E-state index < -0.39 is 18.4 Å². The summed E-state index contributed by atoms with van der Waals surface area (Å²) >= 11 is 6.00. The number of benzene rings is 1. The van der Waals surface area contributed by atoms with E-state index >= 15 is 0 Å². The zero-order chi connectivity index (χ0) is 16.8. The van der Waals surface area contributed by atoms with Crippen molar-refractivity contribution >= 4 is 23.2 Å². The Morgan fingerprint density at radius 2 is 2.29 bits per heavy atom. The molecule has 3 fully saturated rings. The molecule has 21 heavy (non-hydrogen) atoms. The van der Waals surface area contributed by atoms with Gasteiger partial charge in [-0.3, -0.25) is 4.79 Å². The highest BCUT2D eigenvalue weighted by atomic mass is 35.5. The van der Waals surface area contributed by atoms with Gasteiger partial charge in [-0.1, -0.05) is 11.6 Å². The van der Waals surface area contributed by atoms with Gasteiger partial charge in [-0.2, -0.15) is 0 Å². The molecule has 0 saturated carbocycles. The van der Waals surface area contributed by atoms with Crippen molar-refractivity contribution in [3.63, 3.8) is 0 Å². The van der Waals surface area contributed by atoms with Crippen LogP contribution in [0.5, 0.6) is 5.75 Å². The number of nitrogens with two attached hydrogens (primary N) is 1. The van der Waals surface area contributed by atoms with Crippen molar-refractivity contribution in [2.75, 3.05) is 32.5 Å². The average molecular weight is 314 g/mol. The Morgan fingerprint density at radius 1 is 1.57 bits per heavy atom. The number of hydrogen-bond acceptors (Lipinski definition) is 4. The molecule has 3 saturated heterocycles. The number of piperidine rings is 3. The number of anilines is 1. The van der Waals surface area contributed by atoms with Crippen molar-refractivity contribution < 1.29 is 12.3 Å². The summed E-state index contributed by atoms with van der Waals surface area (Å²) in [6, 6.07) is 1.60. The van der Waals surface area contributed by atoms with E-state index in [0.717, 1.165) is 25.9 Å². The predicted molar refractivity (Wildman–Crippen MR) is 82.8 cm³/mol. The summed E-state index contributed by atoms with van der Waals surface area (Å²) in [4.78, 5) is 14.6. The Labute approximate surface area is 132 Å². The van der Waals surface area contributed by atoms with Crippen LogP contribution in [0, 0.1) is 5.92 Å². The van der Waals surface area contributed by atoms with Crippen molar-refractivity contribution in [3.8, 4) is 5.75 Å². The summed E-state index contributed by atoms with van der Waals surface area (Å²) in [6.45, 7) is 0.854. The molecule has 3 N–H and O–H groups in total. The molecule has 0 radical (unpaired) electrons. The van der Waals surface area contributed by atoms with Gasteiger partial charge in [0.15, 0.2) is 0 Å². The monoisotopic (exact) mass is 313 g/mol. The molecule has 6 heteroatoms. The van der Waals surface area contributed by atoms with E-state index in [4.69, 9.17) is 24.8 Å². The minimum Gasteiger partial charge on any atom is -0.496 e. The van der Waals surface area contributed by atoms with E-state index in [0.29, 0.717) is 11.4 Å². The fourth-order valence-electron chi connectivity index (χ4n) is 2.89. The Bertz CT molecular complexity index is 633. The summed E-state index contributed by atoms with van der Waals surface area (Å²) in [5.41, 5.74) is 6.27. The topological polar surface area (TPSA) is 67.6 Å². The molecule has 5 nitrogen and oxygen atoms in total. The number of carbonyl (C=O) groups excluding carboxylic acids is 1. The molecule has 3 heterocycles. The summed E-state index contributed by atoms with van der Waals surface area (Å²) in [5.74, 6) is -0.185. The predicted octanol–water partition coefficient (Wildman–Crippen LogP) is 1.75. The van der Waals surface area contributed by atoms with Crippen LogP contribution in [-0.2, 0) is 0 Å². The maximum atomic E-state index is 12.7. The third-order valence-electron chi connectivity index (χ3n) is 4.11. The Balaban J connectivity index is 1.88. The first-order valence-electron chi connectivity index (χ1n) is 8.06. The number of nitrogens with one attached hydrogen (secondary N) is 1. The lowest BCUT2D eigenvalue weighted by molar-refractivity contribution is 0.0619. The first-order valence-corrected chi connectivity index (χ1v) is 7.36. The SMILES string of the molecule is [3H]C1N2CCC(CC2)[C@@]1([3H])NC(=O)c1cc(Cl)c(N)cc1OC. The van der Waals surface area contributed by atoms with Gasteiger partial charge in [0.2, 0.25) is 0 Å². The molecule has 4 rings (SSSR count). The number of nitrogen functional groups attached to an aromatic ring is 1. The van der Waals surface area contributed by atoms with Crippen LogP contribution < -0.4 is 15.8 Å². The van der Waals surface area contributed by atoms with Crippen LogP contribution in [0.3, 0.4) is 0 Å². The van der Waals surface area contributed by atoms with Crippen molar-refractivity contribution in [3.05, 3.63) is 22.7 Å². The highest BCUT2D eigenvalue weighted by Gasteiger charge is 2.35. The number of nitrogens with zero attached hydrogens (tertiary/aromatic N) is 1. The number of amides is 1. The van der Waals surface area contributed by atoms with Gasteiger partial charge in [0.25, 0.3) is 5.91 Å². The summed E-state index contributed by atoms with van der Waals surface area (Å²) in [7, 11) is 1.44. The minimum atomic E-state index is -1.33. The Morgan fingerprint density at radius 3 is 2.90 bits per heavy atom. The molecule has 0 aliphatic carbocycles. The number of ether oxygens (including phenoxy) is 1. The summed E-state index contributed by atoms with van der Waals surface area (Å²) < 4.78 is 22.1. The number of fused-ring (bicyclic) bond motifs is 3. The van der Waals surface area contributed by atoms with Gasteiger partial charge in [-0.15, -0.1) is 0 Å². The first-order chi connectivity index (χ1) is 10.9. The second kappa shape index (κ2) is 5.73. The second-order valence-corrected chi connectivity index (χ2v) is 5.83. The van der Waals surface area contributed by atoms with E-state index in [9.17, 15) is 4.79 Å².